The molecule has 0 spiro atoms. The molecule has 0 aromatic heterocycles. The lowest BCUT2D eigenvalue weighted by molar-refractivity contribution is -0.129. The van der Waals surface area contributed by atoms with Crippen LogP contribution in [0.5, 0.6) is 0 Å². The molecule has 0 N–H and O–H groups in total. The molecule has 0 saturated heterocycles. The van der Waals surface area contributed by atoms with E-state index in [1.807, 2.05) is 6.92 Å². The SMILES string of the molecule is C[C@@H]1C(=O)CC(=O)C[C@H]2CC[C@@H]1CC2. The van der Waals surface area contributed by atoms with Gasteiger partial charge in [0.05, 0.1) is 6.42 Å². The average Bonchev–Trinajstić information content (AvgIpc) is 2.23. The van der Waals surface area contributed by atoms with E-state index in [9.17, 15) is 9.59 Å². The third-order valence-electron chi connectivity index (χ3n) is 3.99. The van der Waals surface area contributed by atoms with Crippen LogP contribution in [0.3, 0.4) is 0 Å². The highest BCUT2D eigenvalue weighted by Crippen LogP contribution is 2.37. The van der Waals surface area contributed by atoms with Crippen molar-refractivity contribution in [2.24, 2.45) is 17.8 Å². The Morgan fingerprint density at radius 2 is 1.71 bits per heavy atom. The Bertz CT molecular complexity index is 249. The Labute approximate surface area is 85.1 Å². The number of ketones is 2. The molecule has 2 nitrogen and oxygen atoms in total. The van der Waals surface area contributed by atoms with E-state index in [1.54, 1.807) is 0 Å². The Kier molecular flexibility index (Phi) is 2.71. The molecule has 0 aliphatic heterocycles. The van der Waals surface area contributed by atoms with E-state index in [2.05, 4.69) is 0 Å². The summed E-state index contributed by atoms with van der Waals surface area (Å²) in [4.78, 5) is 23.2. The summed E-state index contributed by atoms with van der Waals surface area (Å²) >= 11 is 0. The van der Waals surface area contributed by atoms with Crippen molar-refractivity contribution in [2.75, 3.05) is 0 Å². The fourth-order valence-corrected chi connectivity index (χ4v) is 2.90. The smallest absolute Gasteiger partial charge is 0.143 e. The van der Waals surface area contributed by atoms with Crippen LogP contribution in [0.15, 0.2) is 0 Å². The second kappa shape index (κ2) is 3.84. The standard InChI is InChI=1S/C12H18O2/c1-8-10-4-2-9(3-5-10)6-11(13)7-12(8)14/h8-10H,2-7H2,1H3/t8-,9-,10+/m0/s1. The lowest BCUT2D eigenvalue weighted by Crippen LogP contribution is -2.23. The molecule has 14 heavy (non-hydrogen) atoms. The quantitative estimate of drug-likeness (QED) is 0.555. The summed E-state index contributed by atoms with van der Waals surface area (Å²) in [7, 11) is 0. The van der Waals surface area contributed by atoms with Gasteiger partial charge in [0.25, 0.3) is 0 Å². The summed E-state index contributed by atoms with van der Waals surface area (Å²) in [5, 5.41) is 0. The topological polar surface area (TPSA) is 34.1 Å². The number of fused-ring (bicyclic) bond motifs is 6. The van der Waals surface area contributed by atoms with Crippen LogP contribution in [-0.4, -0.2) is 11.6 Å². The first-order valence-corrected chi connectivity index (χ1v) is 5.71. The number of carbonyl (C=O) groups is 2. The second-order valence-electron chi connectivity index (χ2n) is 4.96. The summed E-state index contributed by atoms with van der Waals surface area (Å²) in [5.74, 6) is 1.62. The highest BCUT2D eigenvalue weighted by atomic mass is 16.1. The number of hydrogen-bond donors (Lipinski definition) is 0. The monoisotopic (exact) mass is 194 g/mol. The maximum absolute atomic E-state index is 11.7. The summed E-state index contributed by atoms with van der Waals surface area (Å²) < 4.78 is 0. The van der Waals surface area contributed by atoms with Crippen LogP contribution < -0.4 is 0 Å². The van der Waals surface area contributed by atoms with Gasteiger partial charge in [-0.25, -0.2) is 0 Å². The molecule has 0 aromatic rings. The van der Waals surface area contributed by atoms with Crippen molar-refractivity contribution in [1.82, 2.24) is 0 Å². The van der Waals surface area contributed by atoms with Crippen molar-refractivity contribution in [3.05, 3.63) is 0 Å². The number of hydrogen-bond acceptors (Lipinski definition) is 2. The maximum atomic E-state index is 11.7. The Balaban J connectivity index is 2.17. The molecule has 3 aliphatic carbocycles. The van der Waals surface area contributed by atoms with Crippen molar-refractivity contribution < 1.29 is 9.59 Å². The first-order chi connectivity index (χ1) is 6.66. The van der Waals surface area contributed by atoms with Gasteiger partial charge in [0.15, 0.2) is 0 Å². The van der Waals surface area contributed by atoms with E-state index in [0.29, 0.717) is 18.3 Å². The van der Waals surface area contributed by atoms with Crippen molar-refractivity contribution in [2.45, 2.75) is 45.4 Å². The fraction of sp³-hybridized carbons (Fsp3) is 0.833. The Hall–Kier alpha value is -0.660. The molecule has 0 unspecified atom stereocenters. The normalized spacial score (nSPS) is 39.1. The molecule has 2 bridgehead atoms. The van der Waals surface area contributed by atoms with E-state index in [1.165, 1.54) is 0 Å². The summed E-state index contributed by atoms with van der Waals surface area (Å²) in [6.45, 7) is 2.01. The third-order valence-corrected chi connectivity index (χ3v) is 3.99. The van der Waals surface area contributed by atoms with Gasteiger partial charge in [-0.3, -0.25) is 9.59 Å². The minimum absolute atomic E-state index is 0.123. The summed E-state index contributed by atoms with van der Waals surface area (Å²) in [6.07, 6.45) is 5.50. The van der Waals surface area contributed by atoms with Gasteiger partial charge in [0, 0.05) is 12.3 Å². The zero-order valence-corrected chi connectivity index (χ0v) is 8.79. The van der Waals surface area contributed by atoms with Gasteiger partial charge < -0.3 is 0 Å². The lowest BCUT2D eigenvalue weighted by atomic mass is 9.76. The summed E-state index contributed by atoms with van der Waals surface area (Å²) in [6, 6.07) is 0. The predicted molar refractivity (Wildman–Crippen MR) is 53.9 cm³/mol. The van der Waals surface area contributed by atoms with E-state index in [-0.39, 0.29) is 23.9 Å². The fourth-order valence-electron chi connectivity index (χ4n) is 2.90. The van der Waals surface area contributed by atoms with Crippen LogP contribution in [0, 0.1) is 17.8 Å². The van der Waals surface area contributed by atoms with Crippen LogP contribution in [-0.2, 0) is 9.59 Å². The van der Waals surface area contributed by atoms with Crippen molar-refractivity contribution in [1.29, 1.82) is 0 Å². The van der Waals surface area contributed by atoms with E-state index < -0.39 is 0 Å². The van der Waals surface area contributed by atoms with E-state index >= 15 is 0 Å². The van der Waals surface area contributed by atoms with Crippen molar-refractivity contribution in [3.63, 3.8) is 0 Å². The molecule has 0 aromatic carbocycles. The highest BCUT2D eigenvalue weighted by Gasteiger charge is 2.32. The molecule has 3 saturated carbocycles. The number of Topliss-reactive ketones (excluding diaryl/α,β-unsaturated/α-hetero) is 2. The first kappa shape index (κ1) is 9.88. The Morgan fingerprint density at radius 1 is 1.07 bits per heavy atom. The van der Waals surface area contributed by atoms with E-state index in [0.717, 1.165) is 25.7 Å². The molecule has 78 valence electrons. The van der Waals surface area contributed by atoms with E-state index in [4.69, 9.17) is 0 Å². The minimum atomic E-state index is 0.123. The van der Waals surface area contributed by atoms with Gasteiger partial charge in [0.2, 0.25) is 0 Å². The number of carbonyl (C=O) groups excluding carboxylic acids is 2. The summed E-state index contributed by atoms with van der Waals surface area (Å²) in [5.41, 5.74) is 0. The van der Waals surface area contributed by atoms with Gasteiger partial charge in [-0.15, -0.1) is 0 Å². The molecule has 3 aliphatic rings. The van der Waals surface area contributed by atoms with Crippen LogP contribution in [0.1, 0.15) is 45.4 Å². The molecule has 3 fully saturated rings. The average molecular weight is 194 g/mol. The van der Waals surface area contributed by atoms with Crippen molar-refractivity contribution >= 4 is 11.6 Å². The lowest BCUT2D eigenvalue weighted by Gasteiger charge is -2.29. The second-order valence-corrected chi connectivity index (χ2v) is 4.96. The van der Waals surface area contributed by atoms with Gasteiger partial charge in [-0.1, -0.05) is 6.92 Å². The first-order valence-electron chi connectivity index (χ1n) is 5.71. The van der Waals surface area contributed by atoms with Crippen molar-refractivity contribution in [3.8, 4) is 0 Å². The zero-order chi connectivity index (χ0) is 10.1. The zero-order valence-electron chi connectivity index (χ0n) is 8.79. The molecule has 0 heterocycles. The molecular weight excluding hydrogens is 176 g/mol. The largest absolute Gasteiger partial charge is 0.299 e. The minimum Gasteiger partial charge on any atom is -0.299 e. The molecule has 0 radical (unpaired) electrons. The van der Waals surface area contributed by atoms with Crippen LogP contribution in [0.4, 0.5) is 0 Å². The predicted octanol–water partition coefficient (Wildman–Crippen LogP) is 2.36. The van der Waals surface area contributed by atoms with Gasteiger partial charge in [-0.05, 0) is 37.5 Å². The number of rotatable bonds is 0. The van der Waals surface area contributed by atoms with Gasteiger partial charge in [0.1, 0.15) is 11.6 Å². The highest BCUT2D eigenvalue weighted by molar-refractivity contribution is 6.00. The molecular formula is C12H18O2. The van der Waals surface area contributed by atoms with Crippen LogP contribution in [0.25, 0.3) is 0 Å². The Morgan fingerprint density at radius 3 is 2.36 bits per heavy atom. The molecule has 2 heteroatoms. The molecule has 1 atom stereocenters. The van der Waals surface area contributed by atoms with Gasteiger partial charge >= 0.3 is 0 Å². The third kappa shape index (κ3) is 1.89. The van der Waals surface area contributed by atoms with Gasteiger partial charge in [-0.2, -0.15) is 0 Å². The molecule has 3 rings (SSSR count). The molecule has 0 amide bonds. The maximum Gasteiger partial charge on any atom is 0.143 e. The van der Waals surface area contributed by atoms with Crippen LogP contribution >= 0.6 is 0 Å². The van der Waals surface area contributed by atoms with Crippen LogP contribution in [0.2, 0.25) is 0 Å².